The molecule has 8 nitrogen and oxygen atoms in total. The third-order valence-corrected chi connectivity index (χ3v) is 4.74. The topological polar surface area (TPSA) is 149 Å². The van der Waals surface area contributed by atoms with Gasteiger partial charge in [0.05, 0.1) is 12.3 Å². The van der Waals surface area contributed by atoms with Crippen LogP contribution in [-0.4, -0.2) is 47.4 Å². The average molecular weight is 297 g/mol. The van der Waals surface area contributed by atoms with Gasteiger partial charge in [0.15, 0.2) is 0 Å². The van der Waals surface area contributed by atoms with Crippen molar-refractivity contribution in [3.63, 3.8) is 0 Å². The number of aliphatic carboxylic acids is 2. The van der Waals surface area contributed by atoms with Gasteiger partial charge in [-0.25, -0.2) is 0 Å². The summed E-state index contributed by atoms with van der Waals surface area (Å²) in [6, 6.07) is 0. The Bertz CT molecular complexity index is 352. The number of hydrogen-bond acceptors (Lipinski definition) is 4. The second-order valence-electron chi connectivity index (χ2n) is 3.03. The van der Waals surface area contributed by atoms with Crippen molar-refractivity contribution in [3.8, 4) is 0 Å². The van der Waals surface area contributed by atoms with Crippen LogP contribution in [0, 0.1) is 5.92 Å². The molecule has 17 heavy (non-hydrogen) atoms. The molecule has 0 aliphatic carbocycles. The number of rotatable bonds is 7. The molecule has 0 spiro atoms. The fourth-order valence-electron chi connectivity index (χ4n) is 0.893. The van der Waals surface area contributed by atoms with E-state index in [2.05, 4.69) is 0 Å². The van der Waals surface area contributed by atoms with Gasteiger partial charge in [0.2, 0.25) is 0 Å². The quantitative estimate of drug-likeness (QED) is 0.275. The van der Waals surface area contributed by atoms with Crippen LogP contribution in [0.5, 0.6) is 0 Å². The van der Waals surface area contributed by atoms with Gasteiger partial charge in [-0.05, 0) is 0 Å². The Morgan fingerprint density at radius 1 is 1.24 bits per heavy atom. The van der Waals surface area contributed by atoms with Gasteiger partial charge in [-0.3, -0.25) is 18.4 Å². The molecule has 0 aliphatic heterocycles. The fraction of sp³-hybridized carbons (Fsp3) is 0.667. The number of hydrogen-bond donors (Lipinski definition) is 4. The van der Waals surface area contributed by atoms with Crippen molar-refractivity contribution in [2.24, 2.45) is 5.92 Å². The number of carboxylic acid groups (broad SMARTS) is 2. The molecule has 94 valence electrons. The Hall–Kier alpha value is 0.240. The third kappa shape index (κ3) is 11.1. The van der Waals surface area contributed by atoms with Gasteiger partial charge in [-0.15, -0.1) is 0 Å². The van der Waals surface area contributed by atoms with E-state index in [4.69, 9.17) is 20.0 Å². The first kappa shape index (κ1) is 19.6. The van der Waals surface area contributed by atoms with Crippen LogP contribution in [-0.2, 0) is 25.0 Å². The third-order valence-electron chi connectivity index (χ3n) is 1.47. The molecule has 0 aliphatic rings. The standard InChI is InChI=1S/C6H11O8PS.Na/c7-5(8)1-4(6(9)10)2-16(14)3-15(11,12)13;/h4H,1-3H2,(H,7,8)(H,9,10)(H2,11,12,13);/q;+1. The van der Waals surface area contributed by atoms with E-state index in [1.807, 2.05) is 0 Å². The molecule has 11 heteroatoms. The van der Waals surface area contributed by atoms with Gasteiger partial charge >= 0.3 is 49.1 Å². The van der Waals surface area contributed by atoms with Crippen LogP contribution in [0.1, 0.15) is 6.42 Å². The summed E-state index contributed by atoms with van der Waals surface area (Å²) in [5.74, 6) is -4.83. The molecule has 0 amide bonds. The minimum atomic E-state index is -4.48. The number of carboxylic acids is 2. The fourth-order valence-corrected chi connectivity index (χ4v) is 3.52. The van der Waals surface area contributed by atoms with Gasteiger partial charge in [-0.2, -0.15) is 0 Å². The Morgan fingerprint density at radius 3 is 2.00 bits per heavy atom. The van der Waals surface area contributed by atoms with Gasteiger partial charge < -0.3 is 20.0 Å². The summed E-state index contributed by atoms with van der Waals surface area (Å²) in [6.45, 7) is 0. The van der Waals surface area contributed by atoms with E-state index in [0.29, 0.717) is 0 Å². The molecule has 0 saturated carbocycles. The zero-order chi connectivity index (χ0) is 12.9. The van der Waals surface area contributed by atoms with E-state index in [1.165, 1.54) is 0 Å². The molecule has 0 aromatic rings. The predicted molar refractivity (Wildman–Crippen MR) is 53.3 cm³/mol. The van der Waals surface area contributed by atoms with Gasteiger partial charge in [0.25, 0.3) is 0 Å². The number of carbonyl (C=O) groups is 2. The van der Waals surface area contributed by atoms with Crippen LogP contribution in [0.2, 0.25) is 0 Å². The normalized spacial score (nSPS) is 14.5. The first-order valence-electron chi connectivity index (χ1n) is 3.96. The molecule has 0 radical (unpaired) electrons. The van der Waals surface area contributed by atoms with E-state index >= 15 is 0 Å². The van der Waals surface area contributed by atoms with Gasteiger partial charge in [-0.1, -0.05) is 0 Å². The first-order valence-corrected chi connectivity index (χ1v) is 7.24. The zero-order valence-electron chi connectivity index (χ0n) is 8.98. The van der Waals surface area contributed by atoms with Gasteiger partial charge in [0, 0.05) is 16.6 Å². The van der Waals surface area contributed by atoms with Crippen molar-refractivity contribution in [2.75, 3.05) is 11.2 Å². The summed E-state index contributed by atoms with van der Waals surface area (Å²) >= 11 is 0. The Balaban J connectivity index is 0. The molecule has 0 rings (SSSR count). The summed E-state index contributed by atoms with van der Waals surface area (Å²) in [5.41, 5.74) is -0.962. The van der Waals surface area contributed by atoms with Crippen molar-refractivity contribution in [2.45, 2.75) is 6.42 Å². The second kappa shape index (κ2) is 8.36. The molecule has 0 aromatic carbocycles. The Kier molecular flexibility index (Phi) is 9.63. The van der Waals surface area contributed by atoms with Crippen LogP contribution in [0.15, 0.2) is 0 Å². The molecule has 4 N–H and O–H groups in total. The first-order chi connectivity index (χ1) is 7.11. The second-order valence-corrected chi connectivity index (χ2v) is 6.61. The predicted octanol–water partition coefficient (Wildman–Crippen LogP) is -3.95. The summed E-state index contributed by atoms with van der Waals surface area (Å²) < 4.78 is 21.6. The van der Waals surface area contributed by atoms with Crippen LogP contribution < -0.4 is 29.6 Å². The Morgan fingerprint density at radius 2 is 1.71 bits per heavy atom. The van der Waals surface area contributed by atoms with Crippen LogP contribution in [0.25, 0.3) is 0 Å². The van der Waals surface area contributed by atoms with Crippen molar-refractivity contribution in [3.05, 3.63) is 0 Å². The van der Waals surface area contributed by atoms with Crippen molar-refractivity contribution >= 4 is 30.3 Å². The van der Waals surface area contributed by atoms with Crippen LogP contribution in [0.3, 0.4) is 0 Å². The molecule has 0 aromatic heterocycles. The molecule has 0 saturated heterocycles. The van der Waals surface area contributed by atoms with E-state index in [-0.39, 0.29) is 29.6 Å². The molecular weight excluding hydrogens is 286 g/mol. The van der Waals surface area contributed by atoms with Crippen LogP contribution >= 0.6 is 7.60 Å². The molecule has 0 fully saturated rings. The van der Waals surface area contributed by atoms with E-state index in [9.17, 15) is 18.4 Å². The van der Waals surface area contributed by atoms with E-state index in [1.54, 1.807) is 0 Å². The van der Waals surface area contributed by atoms with Crippen molar-refractivity contribution in [1.82, 2.24) is 0 Å². The van der Waals surface area contributed by atoms with E-state index < -0.39 is 53.9 Å². The maximum absolute atomic E-state index is 11.1. The summed E-state index contributed by atoms with van der Waals surface area (Å²) in [5, 5.41) is 16.9. The maximum Gasteiger partial charge on any atom is 1.00 e. The van der Waals surface area contributed by atoms with Gasteiger partial charge in [0.1, 0.15) is 5.49 Å². The largest absolute Gasteiger partial charge is 1.00 e. The summed E-state index contributed by atoms with van der Waals surface area (Å²) in [7, 11) is -6.55. The summed E-state index contributed by atoms with van der Waals surface area (Å²) in [6.07, 6.45) is -0.734. The van der Waals surface area contributed by atoms with E-state index in [0.717, 1.165) is 0 Å². The summed E-state index contributed by atoms with van der Waals surface area (Å²) in [4.78, 5) is 37.8. The van der Waals surface area contributed by atoms with Crippen molar-refractivity contribution < 1.29 is 67.9 Å². The van der Waals surface area contributed by atoms with Crippen molar-refractivity contribution in [1.29, 1.82) is 0 Å². The van der Waals surface area contributed by atoms with Crippen LogP contribution in [0.4, 0.5) is 0 Å². The molecule has 2 atom stereocenters. The average Bonchev–Trinajstić information content (AvgIpc) is 1.97. The smallest absolute Gasteiger partial charge is 0.481 e. The SMILES string of the molecule is O=C(O)CC(CS(=O)CP(=O)(O)O)C(=O)O.[Na+]. The minimum absolute atomic E-state index is 0. The minimum Gasteiger partial charge on any atom is -0.481 e. The molecular formula is C6H11NaO8PS+. The monoisotopic (exact) mass is 297 g/mol. The molecule has 0 heterocycles. The Labute approximate surface area is 121 Å². The maximum atomic E-state index is 11.1. The molecule has 2 unspecified atom stereocenters. The molecule has 0 bridgehead atoms. The zero-order valence-corrected chi connectivity index (χ0v) is 12.7.